The molecule has 0 spiro atoms. The first-order valence-corrected chi connectivity index (χ1v) is 6.41. The Bertz CT molecular complexity index is 539. The van der Waals surface area contributed by atoms with Crippen molar-refractivity contribution in [3.05, 3.63) is 24.3 Å². The lowest BCUT2D eigenvalue weighted by molar-refractivity contribution is -0.131. The average Bonchev–Trinajstić information content (AvgIpc) is 2.72. The van der Waals surface area contributed by atoms with Crippen molar-refractivity contribution >= 4 is 29.1 Å². The summed E-state index contributed by atoms with van der Waals surface area (Å²) in [7, 11) is 1.64. The lowest BCUT2D eigenvalue weighted by Gasteiger charge is -2.19. The van der Waals surface area contributed by atoms with Gasteiger partial charge in [-0.2, -0.15) is 0 Å². The summed E-state index contributed by atoms with van der Waals surface area (Å²) in [4.78, 5) is 35.8. The fourth-order valence-electron chi connectivity index (χ4n) is 2.18. The van der Waals surface area contributed by atoms with Gasteiger partial charge in [0.2, 0.25) is 17.7 Å². The zero-order chi connectivity index (χ0) is 14.7. The summed E-state index contributed by atoms with van der Waals surface area (Å²) in [5.41, 5.74) is 1.31. The Hall–Kier alpha value is -2.37. The summed E-state index contributed by atoms with van der Waals surface area (Å²) in [6, 6.07) is 6.43. The number of nitrogens with zero attached hydrogens (tertiary/aromatic N) is 1. The Morgan fingerprint density at radius 3 is 2.15 bits per heavy atom. The van der Waals surface area contributed by atoms with Crippen LogP contribution in [0.4, 0.5) is 11.4 Å². The zero-order valence-corrected chi connectivity index (χ0v) is 11.5. The predicted octanol–water partition coefficient (Wildman–Crippen LogP) is 1.20. The van der Waals surface area contributed by atoms with Crippen molar-refractivity contribution in [3.8, 4) is 0 Å². The Morgan fingerprint density at radius 2 is 1.70 bits per heavy atom. The summed E-state index contributed by atoms with van der Waals surface area (Å²) in [6.45, 7) is 1.43. The van der Waals surface area contributed by atoms with E-state index < -0.39 is 6.04 Å². The van der Waals surface area contributed by atoms with E-state index in [1.165, 1.54) is 11.8 Å². The van der Waals surface area contributed by atoms with E-state index in [0.717, 1.165) is 0 Å². The zero-order valence-electron chi connectivity index (χ0n) is 11.5. The molecule has 1 heterocycles. The molecule has 0 bridgehead atoms. The van der Waals surface area contributed by atoms with Crippen LogP contribution in [0.3, 0.4) is 0 Å². The molecule has 106 valence electrons. The lowest BCUT2D eigenvalue weighted by Crippen LogP contribution is -2.38. The van der Waals surface area contributed by atoms with Gasteiger partial charge in [0, 0.05) is 31.8 Å². The number of amides is 3. The summed E-state index contributed by atoms with van der Waals surface area (Å²) in [5.74, 6) is -0.343. The van der Waals surface area contributed by atoms with Crippen LogP contribution in [0.5, 0.6) is 0 Å². The summed E-state index contributed by atoms with van der Waals surface area (Å²) in [5, 5.41) is 5.42. The minimum atomic E-state index is -0.405. The molecule has 6 nitrogen and oxygen atoms in total. The first-order valence-electron chi connectivity index (χ1n) is 6.41. The minimum Gasteiger partial charge on any atom is -0.334 e. The third-order valence-electron chi connectivity index (χ3n) is 3.27. The van der Waals surface area contributed by atoms with E-state index >= 15 is 0 Å². The van der Waals surface area contributed by atoms with E-state index in [0.29, 0.717) is 24.2 Å². The minimum absolute atomic E-state index is 0.00819. The molecule has 1 aliphatic rings. The first-order chi connectivity index (χ1) is 9.47. The van der Waals surface area contributed by atoms with E-state index in [4.69, 9.17) is 0 Å². The summed E-state index contributed by atoms with van der Waals surface area (Å²) in [6.07, 6.45) is 0.960. The molecule has 0 radical (unpaired) electrons. The Kier molecular flexibility index (Phi) is 4.02. The van der Waals surface area contributed by atoms with Crippen LogP contribution in [0.1, 0.15) is 19.8 Å². The summed E-state index contributed by atoms with van der Waals surface area (Å²) < 4.78 is 0. The van der Waals surface area contributed by atoms with Crippen molar-refractivity contribution in [2.45, 2.75) is 25.8 Å². The van der Waals surface area contributed by atoms with Crippen LogP contribution in [0.2, 0.25) is 0 Å². The summed E-state index contributed by atoms with van der Waals surface area (Å²) >= 11 is 0. The predicted molar refractivity (Wildman–Crippen MR) is 75.2 cm³/mol. The molecule has 1 fully saturated rings. The highest BCUT2D eigenvalue weighted by Gasteiger charge is 2.33. The van der Waals surface area contributed by atoms with Crippen LogP contribution in [-0.4, -0.2) is 35.7 Å². The molecule has 1 aromatic rings. The average molecular weight is 275 g/mol. The smallest absolute Gasteiger partial charge is 0.247 e. The van der Waals surface area contributed by atoms with Gasteiger partial charge in [0.05, 0.1) is 0 Å². The molecule has 2 N–H and O–H groups in total. The van der Waals surface area contributed by atoms with E-state index in [9.17, 15) is 14.4 Å². The third-order valence-corrected chi connectivity index (χ3v) is 3.27. The number of carbonyl (C=O) groups is 3. The number of benzene rings is 1. The number of nitrogens with one attached hydrogen (secondary N) is 2. The topological polar surface area (TPSA) is 78.5 Å². The van der Waals surface area contributed by atoms with Gasteiger partial charge < -0.3 is 15.5 Å². The molecular formula is C14H17N3O3. The van der Waals surface area contributed by atoms with Gasteiger partial charge in [0.25, 0.3) is 0 Å². The van der Waals surface area contributed by atoms with Crippen LogP contribution < -0.4 is 10.6 Å². The van der Waals surface area contributed by atoms with E-state index in [1.807, 2.05) is 0 Å². The second kappa shape index (κ2) is 5.73. The number of rotatable bonds is 3. The molecule has 1 aliphatic heterocycles. The standard InChI is InChI=1S/C14H17N3O3/c1-9(18)15-10-3-5-11(6-4-10)16-14(20)12-7-8-13(19)17(12)2/h3-6,12H,7-8H2,1-2H3,(H,15,18)(H,16,20). The molecule has 3 amide bonds. The van der Waals surface area contributed by atoms with Crippen LogP contribution in [0.15, 0.2) is 24.3 Å². The van der Waals surface area contributed by atoms with E-state index in [1.54, 1.807) is 31.3 Å². The highest BCUT2D eigenvalue weighted by atomic mass is 16.2. The van der Waals surface area contributed by atoms with Crippen molar-refractivity contribution in [2.75, 3.05) is 17.7 Å². The molecule has 0 aromatic heterocycles. The molecule has 1 unspecified atom stereocenters. The number of anilines is 2. The van der Waals surface area contributed by atoms with Crippen molar-refractivity contribution < 1.29 is 14.4 Å². The van der Waals surface area contributed by atoms with Gasteiger partial charge in [-0.15, -0.1) is 0 Å². The maximum absolute atomic E-state index is 12.1. The van der Waals surface area contributed by atoms with Crippen molar-refractivity contribution in [2.24, 2.45) is 0 Å². The SMILES string of the molecule is CC(=O)Nc1ccc(NC(=O)C2CCC(=O)N2C)cc1. The molecule has 1 atom stereocenters. The molecule has 2 rings (SSSR count). The maximum Gasteiger partial charge on any atom is 0.247 e. The quantitative estimate of drug-likeness (QED) is 0.870. The van der Waals surface area contributed by atoms with Crippen LogP contribution >= 0.6 is 0 Å². The number of hydrogen-bond acceptors (Lipinski definition) is 3. The van der Waals surface area contributed by atoms with Crippen molar-refractivity contribution in [1.29, 1.82) is 0 Å². The number of likely N-dealkylation sites (N-methyl/N-ethyl adjacent to an activating group) is 1. The van der Waals surface area contributed by atoms with E-state index in [-0.39, 0.29) is 17.7 Å². The monoisotopic (exact) mass is 275 g/mol. The van der Waals surface area contributed by atoms with Gasteiger partial charge in [-0.3, -0.25) is 14.4 Å². The van der Waals surface area contributed by atoms with Crippen molar-refractivity contribution in [3.63, 3.8) is 0 Å². The molecular weight excluding hydrogens is 258 g/mol. The number of hydrogen-bond donors (Lipinski definition) is 2. The molecule has 1 saturated heterocycles. The number of carbonyl (C=O) groups excluding carboxylic acids is 3. The van der Waals surface area contributed by atoms with Crippen LogP contribution in [-0.2, 0) is 14.4 Å². The van der Waals surface area contributed by atoms with Crippen LogP contribution in [0.25, 0.3) is 0 Å². The normalized spacial score (nSPS) is 18.0. The second-order valence-electron chi connectivity index (χ2n) is 4.81. The van der Waals surface area contributed by atoms with Crippen molar-refractivity contribution in [1.82, 2.24) is 4.90 Å². The highest BCUT2D eigenvalue weighted by molar-refractivity contribution is 5.99. The molecule has 0 aliphatic carbocycles. The molecule has 6 heteroatoms. The van der Waals surface area contributed by atoms with Gasteiger partial charge in [0.1, 0.15) is 6.04 Å². The highest BCUT2D eigenvalue weighted by Crippen LogP contribution is 2.19. The lowest BCUT2D eigenvalue weighted by atomic mass is 10.2. The largest absolute Gasteiger partial charge is 0.334 e. The first kappa shape index (κ1) is 14.0. The molecule has 20 heavy (non-hydrogen) atoms. The van der Waals surface area contributed by atoms with Gasteiger partial charge >= 0.3 is 0 Å². The third kappa shape index (κ3) is 3.14. The Morgan fingerprint density at radius 1 is 1.15 bits per heavy atom. The van der Waals surface area contributed by atoms with Gasteiger partial charge in [-0.05, 0) is 30.7 Å². The van der Waals surface area contributed by atoms with Crippen LogP contribution in [0, 0.1) is 0 Å². The maximum atomic E-state index is 12.1. The Balaban J connectivity index is 1.98. The van der Waals surface area contributed by atoms with E-state index in [2.05, 4.69) is 10.6 Å². The fraction of sp³-hybridized carbons (Fsp3) is 0.357. The molecule has 1 aromatic carbocycles. The second-order valence-corrected chi connectivity index (χ2v) is 4.81. The fourth-order valence-corrected chi connectivity index (χ4v) is 2.18. The van der Waals surface area contributed by atoms with Gasteiger partial charge in [-0.1, -0.05) is 0 Å². The van der Waals surface area contributed by atoms with Gasteiger partial charge in [0.15, 0.2) is 0 Å². The molecule has 0 saturated carbocycles. The number of likely N-dealkylation sites (tertiary alicyclic amines) is 1. The Labute approximate surface area is 117 Å². The van der Waals surface area contributed by atoms with Gasteiger partial charge in [-0.25, -0.2) is 0 Å².